The molecular formula is C46H35N. The highest BCUT2D eigenvalue weighted by atomic mass is 15.1. The Morgan fingerprint density at radius 3 is 2.00 bits per heavy atom. The van der Waals surface area contributed by atoms with E-state index in [9.17, 15) is 0 Å². The number of hydrogen-bond donors (Lipinski definition) is 0. The van der Waals surface area contributed by atoms with E-state index in [0.29, 0.717) is 11.8 Å². The van der Waals surface area contributed by atoms with Crippen LogP contribution in [0.25, 0.3) is 22.3 Å². The molecule has 3 unspecified atom stereocenters. The average Bonchev–Trinajstić information content (AvgIpc) is 3.68. The second-order valence-electron chi connectivity index (χ2n) is 14.0. The Hall–Kier alpha value is -5.40. The van der Waals surface area contributed by atoms with Crippen molar-refractivity contribution in [3.8, 4) is 22.3 Å². The Labute approximate surface area is 277 Å². The van der Waals surface area contributed by atoms with Gasteiger partial charge in [0.15, 0.2) is 0 Å². The fourth-order valence-electron chi connectivity index (χ4n) is 9.66. The highest BCUT2D eigenvalue weighted by molar-refractivity contribution is 5.97. The van der Waals surface area contributed by atoms with Gasteiger partial charge in [-0.2, -0.15) is 0 Å². The van der Waals surface area contributed by atoms with Crippen LogP contribution in [0.5, 0.6) is 0 Å². The lowest BCUT2D eigenvalue weighted by molar-refractivity contribution is 0.465. The molecule has 4 aliphatic carbocycles. The summed E-state index contributed by atoms with van der Waals surface area (Å²) >= 11 is 0. The van der Waals surface area contributed by atoms with Crippen LogP contribution >= 0.6 is 0 Å². The maximum Gasteiger partial charge on any atom is 0.0543 e. The number of hydrogen-bond acceptors (Lipinski definition) is 1. The van der Waals surface area contributed by atoms with E-state index < -0.39 is 0 Å². The Balaban J connectivity index is 1.25. The van der Waals surface area contributed by atoms with Crippen molar-refractivity contribution in [3.63, 3.8) is 0 Å². The third-order valence-electron chi connectivity index (χ3n) is 11.5. The van der Waals surface area contributed by atoms with Crippen molar-refractivity contribution in [1.29, 1.82) is 0 Å². The van der Waals surface area contributed by atoms with Gasteiger partial charge < -0.3 is 4.90 Å². The van der Waals surface area contributed by atoms with Crippen LogP contribution in [0.4, 0.5) is 17.1 Å². The van der Waals surface area contributed by atoms with E-state index in [-0.39, 0.29) is 10.8 Å². The zero-order chi connectivity index (χ0) is 31.3. The number of benzene rings is 6. The molecule has 0 aliphatic heterocycles. The molecule has 0 bridgehead atoms. The predicted octanol–water partition coefficient (Wildman–Crippen LogP) is 11.6. The van der Waals surface area contributed by atoms with Gasteiger partial charge in [0, 0.05) is 34.2 Å². The molecule has 0 N–H and O–H groups in total. The lowest BCUT2D eigenvalue weighted by atomic mass is 9.65. The van der Waals surface area contributed by atoms with Crippen LogP contribution in [0.1, 0.15) is 53.1 Å². The third kappa shape index (κ3) is 3.39. The Bertz CT molecular complexity index is 2300. The second-order valence-corrected chi connectivity index (χ2v) is 14.0. The molecule has 0 saturated heterocycles. The number of fused-ring (bicyclic) bond motifs is 13. The number of rotatable bonds is 3. The molecule has 0 saturated carbocycles. The molecule has 0 aromatic heterocycles. The van der Waals surface area contributed by atoms with Gasteiger partial charge in [-0.3, -0.25) is 0 Å². The Kier molecular flexibility index (Phi) is 5.45. The van der Waals surface area contributed by atoms with E-state index in [4.69, 9.17) is 0 Å². The van der Waals surface area contributed by atoms with E-state index in [1.807, 2.05) is 0 Å². The van der Waals surface area contributed by atoms with Crippen LogP contribution in [0, 0.1) is 5.92 Å². The fraction of sp³-hybridized carbons (Fsp3) is 0.130. The zero-order valence-corrected chi connectivity index (χ0v) is 26.7. The molecule has 1 heteroatoms. The van der Waals surface area contributed by atoms with Gasteiger partial charge in [0.25, 0.3) is 0 Å². The standard InChI is InChI=1S/C46H35N/c1-45(2)37-21-10-6-17-32(37)35-28-27-31(29-42(35)45)47(30-15-4-3-5-16-30)43-26-14-25-41-44(43)36-20-9-13-24-40(36)46(41)38-22-11-7-18-33(38)34-19-8-12-23-39(34)46/h3-29,33,38H,1-2H3. The average molecular weight is 602 g/mol. The first-order valence-electron chi connectivity index (χ1n) is 16.9. The van der Waals surface area contributed by atoms with E-state index in [1.165, 1.54) is 67.0 Å². The molecule has 4 aliphatic rings. The van der Waals surface area contributed by atoms with Gasteiger partial charge in [-0.1, -0.05) is 147 Å². The molecule has 0 heterocycles. The van der Waals surface area contributed by atoms with Gasteiger partial charge in [0.05, 0.1) is 11.1 Å². The van der Waals surface area contributed by atoms with Gasteiger partial charge in [-0.25, -0.2) is 0 Å². The van der Waals surface area contributed by atoms with E-state index in [1.54, 1.807) is 0 Å². The predicted molar refractivity (Wildman–Crippen MR) is 195 cm³/mol. The van der Waals surface area contributed by atoms with Crippen LogP contribution in [0.15, 0.2) is 164 Å². The monoisotopic (exact) mass is 601 g/mol. The second kappa shape index (κ2) is 9.56. The van der Waals surface area contributed by atoms with Crippen molar-refractivity contribution in [3.05, 3.63) is 197 Å². The molecule has 0 amide bonds. The summed E-state index contributed by atoms with van der Waals surface area (Å²) in [6.45, 7) is 4.74. The van der Waals surface area contributed by atoms with Gasteiger partial charge >= 0.3 is 0 Å². The minimum absolute atomic E-state index is 0.0804. The summed E-state index contributed by atoms with van der Waals surface area (Å²) in [5.74, 6) is 0.664. The van der Waals surface area contributed by atoms with Crippen LogP contribution in [0.2, 0.25) is 0 Å². The smallest absolute Gasteiger partial charge is 0.0543 e. The quantitative estimate of drug-likeness (QED) is 0.195. The highest BCUT2D eigenvalue weighted by Gasteiger charge is 2.57. The van der Waals surface area contributed by atoms with Gasteiger partial charge in [0.1, 0.15) is 0 Å². The normalized spacial score (nSPS) is 21.5. The molecule has 10 rings (SSSR count). The summed E-state index contributed by atoms with van der Waals surface area (Å²) in [6, 6.07) is 52.4. The highest BCUT2D eigenvalue weighted by Crippen LogP contribution is 2.66. The largest absolute Gasteiger partial charge is 0.310 e. The van der Waals surface area contributed by atoms with E-state index >= 15 is 0 Å². The molecule has 0 fully saturated rings. The van der Waals surface area contributed by atoms with E-state index in [2.05, 4.69) is 183 Å². The lowest BCUT2D eigenvalue weighted by Gasteiger charge is -2.36. The number of nitrogens with zero attached hydrogens (tertiary/aromatic N) is 1. The van der Waals surface area contributed by atoms with Crippen molar-refractivity contribution < 1.29 is 0 Å². The minimum Gasteiger partial charge on any atom is -0.310 e. The SMILES string of the molecule is CC1(C)c2ccccc2-c2ccc(N(c3ccccc3)c3cccc4c3-c3ccccc3C43c4ccccc4C4C=CC=CC43)cc21. The topological polar surface area (TPSA) is 3.24 Å². The maximum atomic E-state index is 2.50. The minimum atomic E-state index is -0.256. The van der Waals surface area contributed by atoms with Crippen molar-refractivity contribution in [2.75, 3.05) is 4.90 Å². The first kappa shape index (κ1) is 26.8. The fourth-order valence-corrected chi connectivity index (χ4v) is 9.66. The van der Waals surface area contributed by atoms with Gasteiger partial charge in [0.2, 0.25) is 0 Å². The van der Waals surface area contributed by atoms with Crippen molar-refractivity contribution in [1.82, 2.24) is 0 Å². The maximum absolute atomic E-state index is 2.50. The summed E-state index contributed by atoms with van der Waals surface area (Å²) in [5.41, 5.74) is 17.1. The summed E-state index contributed by atoms with van der Waals surface area (Å²) < 4.78 is 0. The van der Waals surface area contributed by atoms with Crippen LogP contribution in [-0.2, 0) is 10.8 Å². The van der Waals surface area contributed by atoms with Crippen molar-refractivity contribution >= 4 is 17.1 Å². The lowest BCUT2D eigenvalue weighted by Crippen LogP contribution is -2.33. The molecule has 3 atom stereocenters. The first-order valence-corrected chi connectivity index (χ1v) is 16.9. The Morgan fingerprint density at radius 1 is 0.489 bits per heavy atom. The number of allylic oxidation sites excluding steroid dienone is 4. The molecule has 1 nitrogen and oxygen atoms in total. The molecule has 6 aromatic carbocycles. The van der Waals surface area contributed by atoms with E-state index in [0.717, 1.165) is 5.69 Å². The summed E-state index contributed by atoms with van der Waals surface area (Å²) in [4.78, 5) is 2.50. The number of para-hydroxylation sites is 1. The molecule has 47 heavy (non-hydrogen) atoms. The first-order chi connectivity index (χ1) is 23.1. The van der Waals surface area contributed by atoms with Crippen LogP contribution in [-0.4, -0.2) is 0 Å². The van der Waals surface area contributed by atoms with Gasteiger partial charge in [-0.05, 0) is 80.4 Å². The molecule has 6 aromatic rings. The zero-order valence-electron chi connectivity index (χ0n) is 26.7. The molecule has 0 radical (unpaired) electrons. The van der Waals surface area contributed by atoms with Crippen molar-refractivity contribution in [2.24, 2.45) is 5.92 Å². The summed E-state index contributed by atoms with van der Waals surface area (Å²) in [5, 5.41) is 0. The number of anilines is 3. The summed E-state index contributed by atoms with van der Waals surface area (Å²) in [7, 11) is 0. The van der Waals surface area contributed by atoms with Crippen molar-refractivity contribution in [2.45, 2.75) is 30.6 Å². The molecular weight excluding hydrogens is 567 g/mol. The van der Waals surface area contributed by atoms with Crippen LogP contribution < -0.4 is 4.90 Å². The molecule has 1 spiro atoms. The third-order valence-corrected chi connectivity index (χ3v) is 11.5. The Morgan fingerprint density at radius 2 is 1.15 bits per heavy atom. The summed E-state index contributed by atoms with van der Waals surface area (Å²) in [6.07, 6.45) is 9.39. The van der Waals surface area contributed by atoms with Gasteiger partial charge in [-0.15, -0.1) is 0 Å². The molecule has 224 valence electrons. The van der Waals surface area contributed by atoms with Crippen LogP contribution in [0.3, 0.4) is 0 Å².